The summed E-state index contributed by atoms with van der Waals surface area (Å²) < 4.78 is 1.74. The van der Waals surface area contributed by atoms with Crippen molar-refractivity contribution < 1.29 is 4.79 Å². The summed E-state index contributed by atoms with van der Waals surface area (Å²) in [6.07, 6.45) is 8.18. The normalized spacial score (nSPS) is 21.4. The third-order valence-corrected chi connectivity index (χ3v) is 6.92. The van der Waals surface area contributed by atoms with E-state index >= 15 is 0 Å². The molecule has 6 rings (SSSR count). The molecule has 2 atom stereocenters. The van der Waals surface area contributed by atoms with E-state index in [9.17, 15) is 4.79 Å². The van der Waals surface area contributed by atoms with E-state index in [1.54, 1.807) is 10.9 Å². The fraction of sp³-hybridized carbons (Fsp3) is 0.269. The van der Waals surface area contributed by atoms with Gasteiger partial charge in [-0.3, -0.25) is 4.79 Å². The first-order valence-electron chi connectivity index (χ1n) is 10.8. The van der Waals surface area contributed by atoms with Crippen LogP contribution < -0.4 is 5.43 Å². The van der Waals surface area contributed by atoms with E-state index in [2.05, 4.69) is 30.5 Å². The lowest BCUT2D eigenvalue weighted by Crippen LogP contribution is -2.48. The van der Waals surface area contributed by atoms with Crippen molar-refractivity contribution in [3.8, 4) is 16.9 Å². The molecule has 31 heavy (non-hydrogen) atoms. The van der Waals surface area contributed by atoms with Crippen molar-refractivity contribution in [1.29, 1.82) is 0 Å². The number of para-hydroxylation sites is 1. The summed E-state index contributed by atoms with van der Waals surface area (Å²) in [4.78, 5) is 13.0. The van der Waals surface area contributed by atoms with E-state index in [1.165, 1.54) is 12.0 Å². The number of carbonyl (C=O) groups is 1. The smallest absolute Gasteiger partial charge is 0.267 e. The van der Waals surface area contributed by atoms with Crippen molar-refractivity contribution in [2.45, 2.75) is 26.7 Å². The molecule has 0 radical (unpaired) electrons. The second-order valence-electron chi connectivity index (χ2n) is 8.98. The average molecular weight is 411 g/mol. The summed E-state index contributed by atoms with van der Waals surface area (Å²) in [5.74, 6) is 1.05. The highest BCUT2D eigenvalue weighted by atomic mass is 16.2. The van der Waals surface area contributed by atoms with Crippen molar-refractivity contribution in [3.63, 3.8) is 0 Å². The van der Waals surface area contributed by atoms with Crippen LogP contribution in [0.3, 0.4) is 0 Å². The van der Waals surface area contributed by atoms with Crippen LogP contribution in [-0.4, -0.2) is 21.9 Å². The Bertz CT molecular complexity index is 1160. The molecule has 3 aliphatic carbocycles. The minimum absolute atomic E-state index is 0.264. The first-order valence-corrected chi connectivity index (χ1v) is 10.8. The van der Waals surface area contributed by atoms with Gasteiger partial charge in [0.05, 0.1) is 17.5 Å². The van der Waals surface area contributed by atoms with Gasteiger partial charge in [-0.25, -0.2) is 10.1 Å². The van der Waals surface area contributed by atoms with Crippen LogP contribution in [0.25, 0.3) is 16.9 Å². The first kappa shape index (κ1) is 19.5. The zero-order valence-corrected chi connectivity index (χ0v) is 17.8. The Morgan fingerprint density at radius 2 is 1.84 bits per heavy atom. The molecule has 3 aliphatic rings. The molecular weight excluding hydrogens is 384 g/mol. The van der Waals surface area contributed by atoms with Gasteiger partial charge in [0, 0.05) is 11.8 Å². The van der Waals surface area contributed by atoms with Gasteiger partial charge in [-0.15, -0.1) is 0 Å². The highest BCUT2D eigenvalue weighted by molar-refractivity contribution is 6.00. The van der Waals surface area contributed by atoms with Crippen molar-refractivity contribution in [2.75, 3.05) is 0 Å². The van der Waals surface area contributed by atoms with E-state index in [0.29, 0.717) is 22.6 Å². The number of fused-ring (bicyclic) bond motifs is 1. The maximum absolute atomic E-state index is 13.0. The molecule has 2 aromatic carbocycles. The summed E-state index contributed by atoms with van der Waals surface area (Å²) in [6, 6.07) is 19.5. The van der Waals surface area contributed by atoms with Crippen LogP contribution in [0.2, 0.25) is 0 Å². The summed E-state index contributed by atoms with van der Waals surface area (Å²) in [6.45, 7) is 4.66. The Morgan fingerprint density at radius 1 is 1.13 bits per heavy atom. The van der Waals surface area contributed by atoms with E-state index in [0.717, 1.165) is 23.6 Å². The molecule has 1 fully saturated rings. The number of hydrogen-bond donors (Lipinski definition) is 1. The second kappa shape index (κ2) is 7.65. The predicted molar refractivity (Wildman–Crippen MR) is 123 cm³/mol. The molecule has 156 valence electrons. The van der Waals surface area contributed by atoms with Crippen LogP contribution in [-0.2, 0) is 0 Å². The molecule has 5 heteroatoms. The van der Waals surface area contributed by atoms with Crippen LogP contribution in [0.1, 0.15) is 37.0 Å². The summed E-state index contributed by atoms with van der Waals surface area (Å²) >= 11 is 0. The summed E-state index contributed by atoms with van der Waals surface area (Å²) in [5.41, 5.74) is 7.21. The molecule has 1 aromatic heterocycles. The maximum Gasteiger partial charge on any atom is 0.275 e. The molecule has 1 N–H and O–H groups in total. The van der Waals surface area contributed by atoms with Crippen molar-refractivity contribution >= 4 is 12.1 Å². The fourth-order valence-corrected chi connectivity index (χ4v) is 4.83. The number of nitrogens with zero attached hydrogens (tertiary/aromatic N) is 3. The van der Waals surface area contributed by atoms with E-state index in [4.69, 9.17) is 5.10 Å². The van der Waals surface area contributed by atoms with Gasteiger partial charge in [0.25, 0.3) is 5.91 Å². The number of amides is 1. The number of hydrogen-bond acceptors (Lipinski definition) is 3. The number of carbonyl (C=O) groups excluding carboxylic acids is 1. The Kier molecular flexibility index (Phi) is 4.81. The Hall–Kier alpha value is -3.47. The molecule has 0 saturated heterocycles. The van der Waals surface area contributed by atoms with Gasteiger partial charge in [-0.2, -0.15) is 10.2 Å². The van der Waals surface area contributed by atoms with E-state index in [1.807, 2.05) is 66.9 Å². The average Bonchev–Trinajstić information content (AvgIpc) is 3.26. The predicted octanol–water partition coefficient (Wildman–Crippen LogP) is 5.25. The third kappa shape index (κ3) is 3.50. The van der Waals surface area contributed by atoms with Gasteiger partial charge < -0.3 is 0 Å². The van der Waals surface area contributed by atoms with Gasteiger partial charge in [0.2, 0.25) is 0 Å². The molecule has 3 aromatic rings. The van der Waals surface area contributed by atoms with Gasteiger partial charge in [0.15, 0.2) is 0 Å². The van der Waals surface area contributed by atoms with Gasteiger partial charge in [-0.1, -0.05) is 68.5 Å². The second-order valence-corrected chi connectivity index (χ2v) is 8.98. The van der Waals surface area contributed by atoms with Gasteiger partial charge in [0.1, 0.15) is 5.69 Å². The number of rotatable bonds is 5. The minimum atomic E-state index is -0.264. The van der Waals surface area contributed by atoms with Crippen LogP contribution in [0.15, 0.2) is 83.6 Å². The molecule has 2 bridgehead atoms. The first-order chi connectivity index (χ1) is 15.0. The quantitative estimate of drug-likeness (QED) is 0.461. The number of nitrogens with one attached hydrogen (secondary N) is 1. The lowest BCUT2D eigenvalue weighted by molar-refractivity contribution is -0.00126. The van der Waals surface area contributed by atoms with Crippen molar-refractivity contribution in [2.24, 2.45) is 22.4 Å². The highest BCUT2D eigenvalue weighted by Gasteiger charge is 2.50. The molecule has 0 unspecified atom stereocenters. The number of allylic oxidation sites excluding steroid dienone is 2. The molecule has 0 spiro atoms. The standard InChI is InChI=1S/C26H26N4O/c1-26(2)20-14-13-19(23(26)15-20)16-27-28-25(31)22-17-30(21-11-7-4-8-12-21)29-24(22)18-9-5-3-6-10-18/h3-13,16-17,20,23H,14-15H2,1-2H3,(H,28,31)/t20-,23+/m0/s1. The van der Waals surface area contributed by atoms with Crippen LogP contribution >= 0.6 is 0 Å². The fourth-order valence-electron chi connectivity index (χ4n) is 4.83. The highest BCUT2D eigenvalue weighted by Crippen LogP contribution is 2.58. The zero-order valence-electron chi connectivity index (χ0n) is 17.8. The molecule has 1 amide bonds. The Morgan fingerprint density at radius 3 is 2.52 bits per heavy atom. The Labute approximate surface area is 182 Å². The zero-order chi connectivity index (χ0) is 21.4. The largest absolute Gasteiger partial charge is 0.275 e. The molecule has 0 aliphatic heterocycles. The van der Waals surface area contributed by atoms with E-state index < -0.39 is 0 Å². The molecular formula is C26H26N4O. The van der Waals surface area contributed by atoms with Crippen LogP contribution in [0.5, 0.6) is 0 Å². The number of hydrazone groups is 1. The lowest BCUT2D eigenvalue weighted by atomic mass is 9.49. The van der Waals surface area contributed by atoms with Crippen molar-refractivity contribution in [1.82, 2.24) is 15.2 Å². The SMILES string of the molecule is CC1(C)[C@H]2CC=C(C=NNC(=O)c3cn(-c4ccccc4)nc3-c3ccccc3)[C@H]1C2. The third-order valence-electron chi connectivity index (χ3n) is 6.92. The maximum atomic E-state index is 13.0. The van der Waals surface area contributed by atoms with E-state index in [-0.39, 0.29) is 5.91 Å². The number of aromatic nitrogens is 2. The molecule has 5 nitrogen and oxygen atoms in total. The lowest BCUT2D eigenvalue weighted by Gasteiger charge is -2.55. The topological polar surface area (TPSA) is 59.3 Å². The van der Waals surface area contributed by atoms with Gasteiger partial charge >= 0.3 is 0 Å². The number of benzene rings is 2. The molecule has 1 heterocycles. The minimum Gasteiger partial charge on any atom is -0.267 e. The monoisotopic (exact) mass is 410 g/mol. The van der Waals surface area contributed by atoms with Crippen molar-refractivity contribution in [3.05, 3.63) is 84.1 Å². The summed E-state index contributed by atoms with van der Waals surface area (Å²) in [7, 11) is 0. The van der Waals surface area contributed by atoms with Gasteiger partial charge in [-0.05, 0) is 47.8 Å². The van der Waals surface area contributed by atoms with Crippen LogP contribution in [0.4, 0.5) is 0 Å². The summed E-state index contributed by atoms with van der Waals surface area (Å²) in [5, 5.41) is 9.00. The van der Waals surface area contributed by atoms with Crippen LogP contribution in [0, 0.1) is 17.3 Å². The Balaban J connectivity index is 1.40. The molecule has 1 saturated carbocycles.